The van der Waals surface area contributed by atoms with E-state index in [-0.39, 0.29) is 18.3 Å². The number of nitrogens with zero attached hydrogens (tertiary/aromatic N) is 3. The number of hydrogen-bond donors (Lipinski definition) is 0. The number of rotatable bonds is 4. The van der Waals surface area contributed by atoms with Gasteiger partial charge in [0, 0.05) is 25.3 Å². The van der Waals surface area contributed by atoms with Crippen molar-refractivity contribution in [2.24, 2.45) is 0 Å². The summed E-state index contributed by atoms with van der Waals surface area (Å²) < 4.78 is 16.1. The average Bonchev–Trinajstić information content (AvgIpc) is 3.02. The number of ether oxygens (including phenoxy) is 3. The molecule has 0 radical (unpaired) electrons. The number of piperidine rings is 1. The minimum absolute atomic E-state index is 0.151. The molecule has 1 aromatic carbocycles. The van der Waals surface area contributed by atoms with Gasteiger partial charge in [0.05, 0.1) is 18.2 Å². The van der Waals surface area contributed by atoms with Crippen LogP contribution in [-0.4, -0.2) is 61.1 Å². The van der Waals surface area contributed by atoms with E-state index < -0.39 is 11.8 Å². The summed E-state index contributed by atoms with van der Waals surface area (Å²) in [7, 11) is 0. The largest absolute Gasteiger partial charge is 0.509 e. The molecule has 8 heteroatoms. The number of amides is 1. The molecule has 0 N–H and O–H groups in total. The van der Waals surface area contributed by atoms with Crippen molar-refractivity contribution in [3.05, 3.63) is 29.8 Å². The molecule has 0 bridgehead atoms. The molecule has 156 valence electrons. The Labute approximate surface area is 170 Å². The molecule has 0 aliphatic carbocycles. The van der Waals surface area contributed by atoms with Crippen LogP contribution in [0.5, 0.6) is 0 Å². The summed E-state index contributed by atoms with van der Waals surface area (Å²) in [5, 5.41) is 8.89. The molecule has 0 spiro atoms. The molecule has 3 rings (SSSR count). The summed E-state index contributed by atoms with van der Waals surface area (Å²) in [5.41, 5.74) is 0.709. The lowest BCUT2D eigenvalue weighted by atomic mass is 10.1. The number of carbonyl (C=O) groups excluding carboxylic acids is 2. The zero-order valence-electron chi connectivity index (χ0n) is 17.1. The van der Waals surface area contributed by atoms with Crippen LogP contribution in [0.2, 0.25) is 0 Å². The minimum atomic E-state index is -0.626. The Balaban J connectivity index is 1.44. The number of cyclic esters (lactones) is 1. The Morgan fingerprint density at radius 2 is 1.90 bits per heavy atom. The summed E-state index contributed by atoms with van der Waals surface area (Å²) in [6.07, 6.45) is 0.0730. The zero-order valence-corrected chi connectivity index (χ0v) is 17.1. The van der Waals surface area contributed by atoms with Crippen molar-refractivity contribution in [1.29, 1.82) is 5.26 Å². The molecule has 1 amide bonds. The van der Waals surface area contributed by atoms with E-state index in [0.29, 0.717) is 18.7 Å². The molecule has 2 aliphatic rings. The summed E-state index contributed by atoms with van der Waals surface area (Å²) in [4.78, 5) is 27.8. The Bertz CT molecular complexity index is 773. The van der Waals surface area contributed by atoms with Crippen LogP contribution < -0.4 is 4.90 Å². The molecule has 0 unspecified atom stereocenters. The van der Waals surface area contributed by atoms with Crippen LogP contribution >= 0.6 is 0 Å². The van der Waals surface area contributed by atoms with Crippen molar-refractivity contribution in [3.8, 4) is 6.07 Å². The van der Waals surface area contributed by atoms with Gasteiger partial charge in [-0.15, -0.1) is 0 Å². The van der Waals surface area contributed by atoms with Crippen LogP contribution in [0, 0.1) is 11.3 Å². The van der Waals surface area contributed by atoms with E-state index in [2.05, 4.69) is 11.0 Å². The fourth-order valence-corrected chi connectivity index (χ4v) is 3.45. The number of anilines is 1. The fraction of sp³-hybridized carbons (Fsp3) is 0.571. The second kappa shape index (κ2) is 8.70. The molecule has 2 fully saturated rings. The maximum atomic E-state index is 12.2. The molecule has 29 heavy (non-hydrogen) atoms. The van der Waals surface area contributed by atoms with E-state index in [4.69, 9.17) is 19.5 Å². The van der Waals surface area contributed by atoms with E-state index in [1.165, 1.54) is 0 Å². The quantitative estimate of drug-likeness (QED) is 0.715. The van der Waals surface area contributed by atoms with E-state index >= 15 is 0 Å². The highest BCUT2D eigenvalue weighted by molar-refractivity contribution is 5.89. The second-order valence-electron chi connectivity index (χ2n) is 8.36. The van der Waals surface area contributed by atoms with Crippen molar-refractivity contribution in [1.82, 2.24) is 4.90 Å². The van der Waals surface area contributed by atoms with Crippen molar-refractivity contribution in [3.63, 3.8) is 0 Å². The number of likely N-dealkylation sites (tertiary alicyclic amines) is 1. The van der Waals surface area contributed by atoms with Gasteiger partial charge in [-0.1, -0.05) is 0 Å². The van der Waals surface area contributed by atoms with Crippen LogP contribution in [0.25, 0.3) is 0 Å². The Morgan fingerprint density at radius 1 is 1.24 bits per heavy atom. The maximum Gasteiger partial charge on any atom is 0.509 e. The van der Waals surface area contributed by atoms with Crippen LogP contribution in [0.1, 0.15) is 39.2 Å². The first kappa shape index (κ1) is 20.9. The third kappa shape index (κ3) is 5.84. The lowest BCUT2D eigenvalue weighted by Crippen LogP contribution is -2.42. The summed E-state index contributed by atoms with van der Waals surface area (Å²) >= 11 is 0. The van der Waals surface area contributed by atoms with Gasteiger partial charge < -0.3 is 14.2 Å². The minimum Gasteiger partial charge on any atom is -0.443 e. The van der Waals surface area contributed by atoms with Crippen molar-refractivity contribution < 1.29 is 23.8 Å². The van der Waals surface area contributed by atoms with Gasteiger partial charge in [-0.3, -0.25) is 9.80 Å². The fourth-order valence-electron chi connectivity index (χ4n) is 3.45. The molecule has 1 aromatic rings. The smallest absolute Gasteiger partial charge is 0.443 e. The van der Waals surface area contributed by atoms with Crippen molar-refractivity contribution in [2.45, 2.75) is 51.4 Å². The molecular formula is C21H27N3O5. The van der Waals surface area contributed by atoms with Gasteiger partial charge in [0.15, 0.2) is 0 Å². The molecule has 0 saturated carbocycles. The first-order valence-corrected chi connectivity index (χ1v) is 9.84. The maximum absolute atomic E-state index is 12.2. The summed E-state index contributed by atoms with van der Waals surface area (Å²) in [6, 6.07) is 8.94. The van der Waals surface area contributed by atoms with Gasteiger partial charge >= 0.3 is 12.2 Å². The predicted molar refractivity (Wildman–Crippen MR) is 106 cm³/mol. The highest BCUT2D eigenvalue weighted by atomic mass is 16.7. The SMILES string of the molecule is CC(C)(C)OC(=O)OC1CCN(C[C@H]2CN(c3ccc(C#N)cc3)C(=O)O2)CC1. The predicted octanol–water partition coefficient (Wildman–Crippen LogP) is 3.30. The molecule has 2 aliphatic heterocycles. The number of nitriles is 1. The molecule has 8 nitrogen and oxygen atoms in total. The first-order valence-electron chi connectivity index (χ1n) is 9.84. The van der Waals surface area contributed by atoms with Gasteiger partial charge in [0.1, 0.15) is 17.8 Å². The standard InChI is InChI=1S/C21H27N3O5/c1-21(2,3)29-20(26)28-17-8-10-23(11-9-17)13-18-14-24(19(25)27-18)16-6-4-15(12-22)5-7-16/h4-7,17-18H,8-11,13-14H2,1-3H3/t18-/m0/s1. The van der Waals surface area contributed by atoms with E-state index in [1.54, 1.807) is 49.9 Å². The van der Waals surface area contributed by atoms with E-state index in [9.17, 15) is 9.59 Å². The van der Waals surface area contributed by atoms with Gasteiger partial charge in [0.2, 0.25) is 0 Å². The Morgan fingerprint density at radius 3 is 2.48 bits per heavy atom. The van der Waals surface area contributed by atoms with Crippen molar-refractivity contribution in [2.75, 3.05) is 31.1 Å². The highest BCUT2D eigenvalue weighted by Crippen LogP contribution is 2.24. The summed E-state index contributed by atoms with van der Waals surface area (Å²) in [6.45, 7) is 8.05. The van der Waals surface area contributed by atoms with Crippen molar-refractivity contribution >= 4 is 17.9 Å². The Kier molecular flexibility index (Phi) is 6.28. The molecule has 1 atom stereocenters. The second-order valence-corrected chi connectivity index (χ2v) is 8.36. The molecule has 2 saturated heterocycles. The van der Waals surface area contributed by atoms with Crippen LogP contribution in [0.3, 0.4) is 0 Å². The third-order valence-electron chi connectivity index (χ3n) is 4.83. The topological polar surface area (TPSA) is 92.1 Å². The normalized spacial score (nSPS) is 20.8. The van der Waals surface area contributed by atoms with Crippen LogP contribution in [0.4, 0.5) is 15.3 Å². The van der Waals surface area contributed by atoms with Gasteiger partial charge in [-0.25, -0.2) is 9.59 Å². The van der Waals surface area contributed by atoms with E-state index in [1.807, 2.05) is 0 Å². The zero-order chi connectivity index (χ0) is 21.0. The highest BCUT2D eigenvalue weighted by Gasteiger charge is 2.34. The molecule has 2 heterocycles. The van der Waals surface area contributed by atoms with Gasteiger partial charge in [-0.05, 0) is 57.9 Å². The monoisotopic (exact) mass is 401 g/mol. The first-order chi connectivity index (χ1) is 13.7. The molecular weight excluding hydrogens is 374 g/mol. The lowest BCUT2D eigenvalue weighted by molar-refractivity contribution is -0.0410. The lowest BCUT2D eigenvalue weighted by Gasteiger charge is -2.32. The number of hydrogen-bond acceptors (Lipinski definition) is 7. The summed E-state index contributed by atoms with van der Waals surface area (Å²) in [5.74, 6) is 0. The average molecular weight is 401 g/mol. The number of carbonyl (C=O) groups is 2. The van der Waals surface area contributed by atoms with Crippen LogP contribution in [-0.2, 0) is 14.2 Å². The van der Waals surface area contributed by atoms with Gasteiger partial charge in [-0.2, -0.15) is 5.26 Å². The van der Waals surface area contributed by atoms with Gasteiger partial charge in [0.25, 0.3) is 0 Å². The third-order valence-corrected chi connectivity index (χ3v) is 4.83. The number of benzene rings is 1. The Hall–Kier alpha value is -2.79. The molecule has 0 aromatic heterocycles. The van der Waals surface area contributed by atoms with Crippen LogP contribution in [0.15, 0.2) is 24.3 Å². The van der Waals surface area contributed by atoms with E-state index in [0.717, 1.165) is 31.6 Å².